The summed E-state index contributed by atoms with van der Waals surface area (Å²) in [6.07, 6.45) is 2.17. The third-order valence-electron chi connectivity index (χ3n) is 6.89. The number of piperidine rings is 1. The maximum absolute atomic E-state index is 12.4. The minimum atomic E-state index is -0.486. The lowest BCUT2D eigenvalue weighted by molar-refractivity contribution is -0.149. The van der Waals surface area contributed by atoms with E-state index in [2.05, 4.69) is 12.1 Å². The van der Waals surface area contributed by atoms with Crippen LogP contribution in [-0.2, 0) is 16.1 Å². The van der Waals surface area contributed by atoms with Gasteiger partial charge >= 0.3 is 6.09 Å². The van der Waals surface area contributed by atoms with Crippen LogP contribution in [0, 0.1) is 5.92 Å². The Morgan fingerprint density at radius 3 is 2.23 bits per heavy atom. The van der Waals surface area contributed by atoms with E-state index in [0.717, 1.165) is 60.4 Å². The van der Waals surface area contributed by atoms with Crippen molar-refractivity contribution in [3.8, 4) is 16.9 Å². The Kier molecular flexibility index (Phi) is 6.45. The summed E-state index contributed by atoms with van der Waals surface area (Å²) in [6, 6.07) is 14.0. The number of ether oxygens (including phenoxy) is 3. The second-order valence-electron chi connectivity index (χ2n) is 10.6. The molecule has 0 N–H and O–H groups in total. The van der Waals surface area contributed by atoms with Crippen molar-refractivity contribution in [1.82, 2.24) is 9.80 Å². The van der Waals surface area contributed by atoms with Crippen LogP contribution in [0.15, 0.2) is 42.5 Å². The molecule has 0 spiro atoms. The van der Waals surface area contributed by atoms with Crippen molar-refractivity contribution < 1.29 is 23.8 Å². The third kappa shape index (κ3) is 5.30. The highest BCUT2D eigenvalue weighted by molar-refractivity contribution is 5.95. The van der Waals surface area contributed by atoms with Gasteiger partial charge in [0.05, 0.1) is 6.61 Å². The van der Waals surface area contributed by atoms with Gasteiger partial charge in [-0.2, -0.15) is 0 Å². The lowest BCUT2D eigenvalue weighted by Gasteiger charge is -2.38. The molecule has 2 saturated heterocycles. The summed E-state index contributed by atoms with van der Waals surface area (Å²) in [6.45, 7) is 9.14. The first kappa shape index (κ1) is 23.7. The summed E-state index contributed by atoms with van der Waals surface area (Å²) in [5.41, 5.74) is 3.40. The summed E-state index contributed by atoms with van der Waals surface area (Å²) in [5, 5.41) is 0. The van der Waals surface area contributed by atoms with E-state index in [1.165, 1.54) is 0 Å². The number of amides is 2. The molecule has 3 aliphatic heterocycles. The van der Waals surface area contributed by atoms with E-state index in [9.17, 15) is 9.59 Å². The van der Waals surface area contributed by atoms with Crippen LogP contribution in [0.1, 0.15) is 56.0 Å². The maximum atomic E-state index is 12.4. The highest BCUT2D eigenvalue weighted by Crippen LogP contribution is 2.35. The standard InChI is InChI=1S/C28H34N2O5/c1-28(2,3)35-27(32)30-15-11-21(12-16-30)26-33-18-23-17-22(9-10-24(23)34-26)19-5-7-20(8-6-19)25(31)29-13-4-14-29/h5-10,17,21,26H,4,11-16,18H2,1-3H3. The van der Waals surface area contributed by atoms with Crippen molar-refractivity contribution in [2.45, 2.75) is 58.5 Å². The lowest BCUT2D eigenvalue weighted by Crippen LogP contribution is -2.45. The van der Waals surface area contributed by atoms with Gasteiger partial charge < -0.3 is 24.0 Å². The van der Waals surface area contributed by atoms with E-state index < -0.39 is 5.60 Å². The Bertz CT molecular complexity index is 1080. The zero-order valence-corrected chi connectivity index (χ0v) is 20.8. The molecule has 2 aromatic carbocycles. The van der Waals surface area contributed by atoms with E-state index in [1.807, 2.05) is 56.0 Å². The largest absolute Gasteiger partial charge is 0.464 e. The van der Waals surface area contributed by atoms with Crippen molar-refractivity contribution in [2.75, 3.05) is 26.2 Å². The molecule has 0 aromatic heterocycles. The molecule has 2 aromatic rings. The van der Waals surface area contributed by atoms with Crippen LogP contribution in [0.5, 0.6) is 5.75 Å². The van der Waals surface area contributed by atoms with Crippen LogP contribution in [0.4, 0.5) is 4.79 Å². The van der Waals surface area contributed by atoms with Crippen molar-refractivity contribution >= 4 is 12.0 Å². The number of carbonyl (C=O) groups is 2. The van der Waals surface area contributed by atoms with Gasteiger partial charge in [0.2, 0.25) is 6.29 Å². The number of fused-ring (bicyclic) bond motifs is 1. The number of likely N-dealkylation sites (tertiary alicyclic amines) is 2. The first-order valence-corrected chi connectivity index (χ1v) is 12.6. The van der Waals surface area contributed by atoms with Crippen LogP contribution in [-0.4, -0.2) is 59.9 Å². The van der Waals surface area contributed by atoms with Crippen LogP contribution >= 0.6 is 0 Å². The van der Waals surface area contributed by atoms with Gasteiger partial charge in [0, 0.05) is 43.2 Å². The molecule has 0 saturated carbocycles. The SMILES string of the molecule is CC(C)(C)OC(=O)N1CCC(C2OCc3cc(-c4ccc(C(=O)N5CCC5)cc4)ccc3O2)CC1. The number of carbonyl (C=O) groups excluding carboxylic acids is 2. The number of hydrogen-bond acceptors (Lipinski definition) is 5. The zero-order chi connectivity index (χ0) is 24.6. The van der Waals surface area contributed by atoms with E-state index in [0.29, 0.717) is 19.7 Å². The van der Waals surface area contributed by atoms with Crippen molar-refractivity contribution in [3.63, 3.8) is 0 Å². The molecule has 0 aliphatic carbocycles. The van der Waals surface area contributed by atoms with Crippen LogP contribution in [0.3, 0.4) is 0 Å². The summed E-state index contributed by atoms with van der Waals surface area (Å²) in [5.74, 6) is 1.19. The summed E-state index contributed by atoms with van der Waals surface area (Å²) >= 11 is 0. The fourth-order valence-electron chi connectivity index (χ4n) is 4.74. The molecule has 2 fully saturated rings. The molecule has 0 radical (unpaired) electrons. The normalized spacial score (nSPS) is 20.5. The quantitative estimate of drug-likeness (QED) is 0.615. The second-order valence-corrected chi connectivity index (χ2v) is 10.6. The monoisotopic (exact) mass is 478 g/mol. The summed E-state index contributed by atoms with van der Waals surface area (Å²) < 4.78 is 17.8. The number of rotatable bonds is 3. The van der Waals surface area contributed by atoms with Gasteiger partial charge in [0.1, 0.15) is 11.4 Å². The average molecular weight is 479 g/mol. The first-order valence-electron chi connectivity index (χ1n) is 12.6. The van der Waals surface area contributed by atoms with Crippen LogP contribution in [0.25, 0.3) is 11.1 Å². The second kappa shape index (κ2) is 9.53. The first-order chi connectivity index (χ1) is 16.8. The predicted octanol–water partition coefficient (Wildman–Crippen LogP) is 5.08. The van der Waals surface area contributed by atoms with E-state index in [1.54, 1.807) is 4.90 Å². The fourth-order valence-corrected chi connectivity index (χ4v) is 4.74. The molecule has 0 bridgehead atoms. The minimum Gasteiger partial charge on any atom is -0.464 e. The van der Waals surface area contributed by atoms with Crippen molar-refractivity contribution in [3.05, 3.63) is 53.6 Å². The van der Waals surface area contributed by atoms with Gasteiger partial charge in [-0.1, -0.05) is 18.2 Å². The lowest BCUT2D eigenvalue weighted by atomic mass is 9.95. The van der Waals surface area contributed by atoms with Gasteiger partial charge in [0.25, 0.3) is 5.91 Å². The maximum Gasteiger partial charge on any atom is 0.410 e. The summed E-state index contributed by atoms with van der Waals surface area (Å²) in [7, 11) is 0. The molecular formula is C28H34N2O5. The summed E-state index contributed by atoms with van der Waals surface area (Å²) in [4.78, 5) is 28.4. The van der Waals surface area contributed by atoms with Crippen molar-refractivity contribution in [1.29, 1.82) is 0 Å². The van der Waals surface area contributed by atoms with Crippen molar-refractivity contribution in [2.24, 2.45) is 5.92 Å². The molecule has 1 unspecified atom stereocenters. The van der Waals surface area contributed by atoms with E-state index >= 15 is 0 Å². The van der Waals surface area contributed by atoms with E-state index in [4.69, 9.17) is 14.2 Å². The van der Waals surface area contributed by atoms with E-state index in [-0.39, 0.29) is 24.2 Å². The molecule has 2 amide bonds. The van der Waals surface area contributed by atoms with Crippen LogP contribution in [0.2, 0.25) is 0 Å². The predicted molar refractivity (Wildman–Crippen MR) is 132 cm³/mol. The molecule has 7 nitrogen and oxygen atoms in total. The average Bonchev–Trinajstić information content (AvgIpc) is 2.81. The third-order valence-corrected chi connectivity index (χ3v) is 6.89. The fraction of sp³-hybridized carbons (Fsp3) is 0.500. The van der Waals surface area contributed by atoms with Gasteiger partial charge in [-0.25, -0.2) is 4.79 Å². The van der Waals surface area contributed by atoms with Crippen LogP contribution < -0.4 is 4.74 Å². The number of benzene rings is 2. The van der Waals surface area contributed by atoms with Gasteiger partial charge in [-0.05, 0) is 75.4 Å². The molecule has 7 heteroatoms. The highest BCUT2D eigenvalue weighted by atomic mass is 16.7. The molecule has 5 rings (SSSR count). The Morgan fingerprint density at radius 2 is 1.60 bits per heavy atom. The molecule has 35 heavy (non-hydrogen) atoms. The molecular weight excluding hydrogens is 444 g/mol. The van der Waals surface area contributed by atoms with Gasteiger partial charge in [-0.3, -0.25) is 4.79 Å². The molecule has 1 atom stereocenters. The topological polar surface area (TPSA) is 68.3 Å². The number of nitrogens with zero attached hydrogens (tertiary/aromatic N) is 2. The molecule has 3 heterocycles. The number of hydrogen-bond donors (Lipinski definition) is 0. The Morgan fingerprint density at radius 1 is 0.914 bits per heavy atom. The van der Waals surface area contributed by atoms with Gasteiger partial charge in [-0.15, -0.1) is 0 Å². The smallest absolute Gasteiger partial charge is 0.410 e. The molecule has 3 aliphatic rings. The van der Waals surface area contributed by atoms with Gasteiger partial charge in [0.15, 0.2) is 0 Å². The highest BCUT2D eigenvalue weighted by Gasteiger charge is 2.34. The Balaban J connectivity index is 1.18. The Hall–Kier alpha value is -3.06. The minimum absolute atomic E-state index is 0.109. The Labute approximate surface area is 206 Å². The zero-order valence-electron chi connectivity index (χ0n) is 20.8. The molecule has 186 valence electrons.